The summed E-state index contributed by atoms with van der Waals surface area (Å²) >= 11 is 0. The molecule has 0 amide bonds. The van der Waals surface area contributed by atoms with E-state index in [1.54, 1.807) is 18.6 Å². The summed E-state index contributed by atoms with van der Waals surface area (Å²) in [6, 6.07) is 21.9. The Labute approximate surface area is 164 Å². The van der Waals surface area contributed by atoms with Gasteiger partial charge in [-0.15, -0.1) is 0 Å². The number of nitriles is 1. The molecule has 0 unspecified atom stereocenters. The molecule has 4 heteroatoms. The van der Waals surface area contributed by atoms with Crippen molar-refractivity contribution in [3.05, 3.63) is 114 Å². The van der Waals surface area contributed by atoms with Crippen LogP contribution < -0.4 is 0 Å². The van der Waals surface area contributed by atoms with Crippen LogP contribution in [-0.2, 0) is 6.42 Å². The third kappa shape index (κ3) is 3.79. The van der Waals surface area contributed by atoms with Crippen molar-refractivity contribution in [2.45, 2.75) is 12.3 Å². The Balaban J connectivity index is 1.75. The van der Waals surface area contributed by atoms with Gasteiger partial charge in [0.2, 0.25) is 0 Å². The fraction of sp³-hybridized carbons (Fsp3) is 0.0833. The van der Waals surface area contributed by atoms with Crippen LogP contribution in [0.3, 0.4) is 0 Å². The molecule has 3 aromatic heterocycles. The number of pyridine rings is 3. The minimum Gasteiger partial charge on any atom is -0.264 e. The zero-order chi connectivity index (χ0) is 19.2. The maximum Gasteiger partial charge on any atom is 0.0991 e. The monoisotopic (exact) mass is 362 g/mol. The number of benzene rings is 1. The third-order valence-electron chi connectivity index (χ3n) is 4.78. The Morgan fingerprint density at radius 1 is 0.786 bits per heavy atom. The van der Waals surface area contributed by atoms with Crippen LogP contribution >= 0.6 is 0 Å². The number of nitrogens with zero attached hydrogens (tertiary/aromatic N) is 4. The minimum absolute atomic E-state index is 0.128. The largest absolute Gasteiger partial charge is 0.264 e. The average molecular weight is 362 g/mol. The highest BCUT2D eigenvalue weighted by Gasteiger charge is 2.18. The minimum atomic E-state index is 0.128. The molecule has 0 fully saturated rings. The van der Waals surface area contributed by atoms with Crippen LogP contribution in [0.1, 0.15) is 28.2 Å². The summed E-state index contributed by atoms with van der Waals surface area (Å²) in [5, 5.41) is 9.05. The van der Waals surface area contributed by atoms with Crippen molar-refractivity contribution in [2.75, 3.05) is 0 Å². The SMILES string of the molecule is N#Cc1ccc(-c2ncccc2CC(c2cccnc2)c2cccnc2)cc1. The number of rotatable bonds is 5. The van der Waals surface area contributed by atoms with Gasteiger partial charge in [-0.3, -0.25) is 15.0 Å². The third-order valence-corrected chi connectivity index (χ3v) is 4.78. The van der Waals surface area contributed by atoms with Gasteiger partial charge in [0.05, 0.1) is 17.3 Å². The quantitative estimate of drug-likeness (QED) is 0.512. The predicted molar refractivity (Wildman–Crippen MR) is 108 cm³/mol. The van der Waals surface area contributed by atoms with Crippen LogP contribution in [-0.4, -0.2) is 15.0 Å². The van der Waals surface area contributed by atoms with Crippen molar-refractivity contribution in [1.29, 1.82) is 5.26 Å². The first-order chi connectivity index (χ1) is 13.8. The molecule has 1 aromatic carbocycles. The van der Waals surface area contributed by atoms with Crippen molar-refractivity contribution < 1.29 is 0 Å². The van der Waals surface area contributed by atoms with E-state index in [4.69, 9.17) is 5.26 Å². The van der Waals surface area contributed by atoms with E-state index in [9.17, 15) is 0 Å². The van der Waals surface area contributed by atoms with Crippen LogP contribution in [0.4, 0.5) is 0 Å². The van der Waals surface area contributed by atoms with E-state index < -0.39 is 0 Å². The van der Waals surface area contributed by atoms with E-state index in [2.05, 4.69) is 39.2 Å². The second-order valence-electron chi connectivity index (χ2n) is 6.53. The molecule has 0 atom stereocenters. The van der Waals surface area contributed by atoms with Gasteiger partial charge in [0, 0.05) is 42.5 Å². The molecule has 4 aromatic rings. The number of aromatic nitrogens is 3. The van der Waals surface area contributed by atoms with Crippen molar-refractivity contribution in [3.8, 4) is 17.3 Å². The molecular formula is C24H18N4. The summed E-state index contributed by atoms with van der Waals surface area (Å²) in [5.74, 6) is 0.128. The second kappa shape index (κ2) is 8.24. The van der Waals surface area contributed by atoms with Crippen molar-refractivity contribution in [3.63, 3.8) is 0 Å². The smallest absolute Gasteiger partial charge is 0.0991 e. The first kappa shape index (κ1) is 17.6. The molecule has 0 saturated carbocycles. The van der Waals surface area contributed by atoms with E-state index >= 15 is 0 Å². The van der Waals surface area contributed by atoms with Crippen molar-refractivity contribution in [1.82, 2.24) is 15.0 Å². The fourth-order valence-corrected chi connectivity index (χ4v) is 3.38. The highest BCUT2D eigenvalue weighted by Crippen LogP contribution is 2.31. The summed E-state index contributed by atoms with van der Waals surface area (Å²) in [5.41, 5.74) is 6.01. The van der Waals surface area contributed by atoms with Crippen LogP contribution in [0.5, 0.6) is 0 Å². The van der Waals surface area contributed by atoms with E-state index in [1.165, 1.54) is 0 Å². The first-order valence-electron chi connectivity index (χ1n) is 9.09. The molecule has 0 radical (unpaired) electrons. The fourth-order valence-electron chi connectivity index (χ4n) is 3.38. The van der Waals surface area contributed by atoms with Gasteiger partial charge in [-0.25, -0.2) is 0 Å². The topological polar surface area (TPSA) is 62.5 Å². The lowest BCUT2D eigenvalue weighted by Crippen LogP contribution is -2.07. The van der Waals surface area contributed by atoms with Crippen molar-refractivity contribution in [2.24, 2.45) is 0 Å². The van der Waals surface area contributed by atoms with Crippen LogP contribution in [0.25, 0.3) is 11.3 Å². The Morgan fingerprint density at radius 2 is 1.43 bits per heavy atom. The van der Waals surface area contributed by atoms with E-state index in [1.807, 2.05) is 54.9 Å². The van der Waals surface area contributed by atoms with Crippen LogP contribution in [0.15, 0.2) is 91.6 Å². The lowest BCUT2D eigenvalue weighted by atomic mass is 9.86. The lowest BCUT2D eigenvalue weighted by Gasteiger charge is -2.19. The van der Waals surface area contributed by atoms with Crippen LogP contribution in [0, 0.1) is 11.3 Å². The molecule has 0 aliphatic rings. The Bertz CT molecular complexity index is 1050. The average Bonchev–Trinajstić information content (AvgIpc) is 2.79. The zero-order valence-electron chi connectivity index (χ0n) is 15.2. The van der Waals surface area contributed by atoms with Gasteiger partial charge in [-0.05, 0) is 53.4 Å². The highest BCUT2D eigenvalue weighted by atomic mass is 14.7. The molecule has 134 valence electrons. The van der Waals surface area contributed by atoms with Crippen LogP contribution in [0.2, 0.25) is 0 Å². The summed E-state index contributed by atoms with van der Waals surface area (Å²) in [7, 11) is 0. The van der Waals surface area contributed by atoms with E-state index in [0.717, 1.165) is 34.4 Å². The number of hydrogen-bond acceptors (Lipinski definition) is 4. The molecule has 0 saturated heterocycles. The molecule has 28 heavy (non-hydrogen) atoms. The van der Waals surface area contributed by atoms with Crippen molar-refractivity contribution >= 4 is 0 Å². The number of hydrogen-bond donors (Lipinski definition) is 0. The summed E-state index contributed by atoms with van der Waals surface area (Å²) in [6.07, 6.45) is 9.98. The van der Waals surface area contributed by atoms with Gasteiger partial charge >= 0.3 is 0 Å². The molecule has 3 heterocycles. The zero-order valence-corrected chi connectivity index (χ0v) is 15.2. The molecule has 4 rings (SSSR count). The molecule has 4 nitrogen and oxygen atoms in total. The lowest BCUT2D eigenvalue weighted by molar-refractivity contribution is 0.792. The van der Waals surface area contributed by atoms with E-state index in [-0.39, 0.29) is 5.92 Å². The molecular weight excluding hydrogens is 344 g/mol. The predicted octanol–water partition coefficient (Wildman–Crippen LogP) is 4.78. The Kier molecular flexibility index (Phi) is 5.17. The first-order valence-corrected chi connectivity index (χ1v) is 9.09. The summed E-state index contributed by atoms with van der Waals surface area (Å²) in [4.78, 5) is 13.2. The second-order valence-corrected chi connectivity index (χ2v) is 6.53. The maximum atomic E-state index is 9.05. The summed E-state index contributed by atoms with van der Waals surface area (Å²) < 4.78 is 0. The standard InChI is InChI=1S/C24H18N4/c25-15-18-7-9-19(10-8-18)24-20(4-3-13-28-24)14-23(21-5-1-11-26-16-21)22-6-2-12-27-17-22/h1-13,16-17,23H,14H2. The molecule has 0 aliphatic heterocycles. The molecule has 0 spiro atoms. The van der Waals surface area contributed by atoms with Gasteiger partial charge in [0.15, 0.2) is 0 Å². The van der Waals surface area contributed by atoms with Gasteiger partial charge in [0.1, 0.15) is 0 Å². The Hall–Kier alpha value is -3.84. The summed E-state index contributed by atoms with van der Waals surface area (Å²) in [6.45, 7) is 0. The van der Waals surface area contributed by atoms with Gasteiger partial charge in [-0.1, -0.05) is 30.3 Å². The van der Waals surface area contributed by atoms with Gasteiger partial charge in [0.25, 0.3) is 0 Å². The maximum absolute atomic E-state index is 9.05. The van der Waals surface area contributed by atoms with Gasteiger partial charge in [-0.2, -0.15) is 5.26 Å². The van der Waals surface area contributed by atoms with E-state index in [0.29, 0.717) is 5.56 Å². The highest BCUT2D eigenvalue weighted by molar-refractivity contribution is 5.64. The van der Waals surface area contributed by atoms with Gasteiger partial charge < -0.3 is 0 Å². The molecule has 0 bridgehead atoms. The normalized spacial score (nSPS) is 10.6. The molecule has 0 N–H and O–H groups in total. The Morgan fingerprint density at radius 3 is 2.00 bits per heavy atom. The molecule has 0 aliphatic carbocycles.